The molecule has 10 heteroatoms. The summed E-state index contributed by atoms with van der Waals surface area (Å²) in [6, 6.07) is 0. The SMILES string of the molecule is O=C(c1cnc[nH]1)N1CCOC2(CCN(C(=O)c3cnns3)C2)C1. The molecule has 0 aliphatic carbocycles. The van der Waals surface area contributed by atoms with Crippen molar-refractivity contribution in [2.45, 2.75) is 12.0 Å². The second kappa shape index (κ2) is 5.95. The van der Waals surface area contributed by atoms with E-state index in [1.165, 1.54) is 18.7 Å². The molecule has 9 nitrogen and oxygen atoms in total. The molecule has 2 aromatic rings. The summed E-state index contributed by atoms with van der Waals surface area (Å²) in [6.45, 7) is 2.53. The number of likely N-dealkylation sites (tertiary alicyclic amines) is 1. The van der Waals surface area contributed by atoms with Gasteiger partial charge in [0.05, 0.1) is 38.4 Å². The largest absolute Gasteiger partial charge is 0.369 e. The van der Waals surface area contributed by atoms with Gasteiger partial charge in [-0.15, -0.1) is 5.10 Å². The zero-order valence-corrected chi connectivity index (χ0v) is 13.7. The van der Waals surface area contributed by atoms with Crippen molar-refractivity contribution in [1.29, 1.82) is 0 Å². The van der Waals surface area contributed by atoms with Crippen LogP contribution in [-0.4, -0.2) is 79.6 Å². The van der Waals surface area contributed by atoms with Gasteiger partial charge in [0.1, 0.15) is 16.2 Å². The van der Waals surface area contributed by atoms with Crippen LogP contribution in [0.3, 0.4) is 0 Å². The molecular formula is C14H16N6O3S. The van der Waals surface area contributed by atoms with Gasteiger partial charge in [-0.3, -0.25) is 9.59 Å². The van der Waals surface area contributed by atoms with Crippen LogP contribution < -0.4 is 0 Å². The van der Waals surface area contributed by atoms with Gasteiger partial charge in [-0.05, 0) is 18.0 Å². The number of morpholine rings is 1. The molecular weight excluding hydrogens is 332 g/mol. The quantitative estimate of drug-likeness (QED) is 0.820. The second-order valence-corrected chi connectivity index (χ2v) is 6.77. The second-order valence-electron chi connectivity index (χ2n) is 5.98. The molecule has 4 rings (SSSR count). The minimum absolute atomic E-state index is 0.0810. The van der Waals surface area contributed by atoms with E-state index in [1.807, 2.05) is 0 Å². The van der Waals surface area contributed by atoms with Crippen molar-refractivity contribution in [2.75, 3.05) is 32.8 Å². The number of amides is 2. The Morgan fingerprint density at radius 1 is 1.21 bits per heavy atom. The Kier molecular flexibility index (Phi) is 3.77. The summed E-state index contributed by atoms with van der Waals surface area (Å²) in [5, 5.41) is 3.71. The first kappa shape index (κ1) is 15.2. The summed E-state index contributed by atoms with van der Waals surface area (Å²) in [4.78, 5) is 35.7. The lowest BCUT2D eigenvalue weighted by Crippen LogP contribution is -2.55. The van der Waals surface area contributed by atoms with Crippen molar-refractivity contribution in [2.24, 2.45) is 0 Å². The molecule has 0 saturated carbocycles. The van der Waals surface area contributed by atoms with Crippen LogP contribution in [0, 0.1) is 0 Å². The third-order valence-corrected chi connectivity index (χ3v) is 5.09. The number of aromatic amines is 1. The monoisotopic (exact) mass is 348 g/mol. The van der Waals surface area contributed by atoms with Gasteiger partial charge in [0, 0.05) is 13.1 Å². The van der Waals surface area contributed by atoms with Crippen molar-refractivity contribution in [3.8, 4) is 0 Å². The Labute approximate surface area is 141 Å². The predicted octanol–water partition coefficient (Wildman–Crippen LogP) is 0.0185. The maximum Gasteiger partial charge on any atom is 0.272 e. The molecule has 2 aliphatic heterocycles. The highest BCUT2D eigenvalue weighted by molar-refractivity contribution is 7.07. The number of carbonyl (C=O) groups excluding carboxylic acids is 2. The first-order valence-corrected chi connectivity index (χ1v) is 8.42. The number of aromatic nitrogens is 4. The van der Waals surface area contributed by atoms with E-state index in [9.17, 15) is 9.59 Å². The minimum atomic E-state index is -0.498. The van der Waals surface area contributed by atoms with E-state index in [4.69, 9.17) is 4.74 Å². The number of nitrogens with one attached hydrogen (secondary N) is 1. The van der Waals surface area contributed by atoms with Gasteiger partial charge in [-0.25, -0.2) is 4.98 Å². The van der Waals surface area contributed by atoms with Gasteiger partial charge >= 0.3 is 0 Å². The third-order valence-electron chi connectivity index (χ3n) is 4.44. The summed E-state index contributed by atoms with van der Waals surface area (Å²) in [6.07, 6.45) is 5.19. The molecule has 1 atom stereocenters. The van der Waals surface area contributed by atoms with Crippen LogP contribution in [0.5, 0.6) is 0 Å². The Morgan fingerprint density at radius 3 is 2.75 bits per heavy atom. The van der Waals surface area contributed by atoms with Gasteiger partial charge < -0.3 is 19.5 Å². The highest BCUT2D eigenvalue weighted by atomic mass is 32.1. The van der Waals surface area contributed by atoms with E-state index >= 15 is 0 Å². The predicted molar refractivity (Wildman–Crippen MR) is 83.6 cm³/mol. The van der Waals surface area contributed by atoms with Crippen LogP contribution >= 0.6 is 11.5 Å². The van der Waals surface area contributed by atoms with E-state index in [2.05, 4.69) is 19.6 Å². The minimum Gasteiger partial charge on any atom is -0.369 e. The molecule has 4 heterocycles. The molecule has 24 heavy (non-hydrogen) atoms. The van der Waals surface area contributed by atoms with Crippen molar-refractivity contribution in [3.63, 3.8) is 0 Å². The number of H-pyrrole nitrogens is 1. The van der Waals surface area contributed by atoms with Crippen LogP contribution in [-0.2, 0) is 4.74 Å². The number of nitrogens with zero attached hydrogens (tertiary/aromatic N) is 5. The van der Waals surface area contributed by atoms with Crippen molar-refractivity contribution >= 4 is 23.3 Å². The standard InChI is InChI=1S/C14H16N6O3S/c21-12(10-5-15-9-16-10)20-3-4-23-14(8-20)1-2-19(7-14)13(22)11-6-17-18-24-11/h5-6,9H,1-4,7-8H2,(H,15,16). The first-order chi connectivity index (χ1) is 11.7. The molecule has 2 aromatic heterocycles. The van der Waals surface area contributed by atoms with Crippen LogP contribution in [0.25, 0.3) is 0 Å². The molecule has 1 unspecified atom stereocenters. The lowest BCUT2D eigenvalue weighted by molar-refractivity contribution is -0.0905. The average molecular weight is 348 g/mol. The van der Waals surface area contributed by atoms with Gasteiger partial charge in [-0.1, -0.05) is 4.49 Å². The van der Waals surface area contributed by atoms with Crippen LogP contribution in [0.1, 0.15) is 26.6 Å². The molecule has 1 N–H and O–H groups in total. The molecule has 0 radical (unpaired) electrons. The van der Waals surface area contributed by atoms with Gasteiger partial charge in [0.15, 0.2) is 0 Å². The smallest absolute Gasteiger partial charge is 0.272 e. The fraction of sp³-hybridized carbons (Fsp3) is 0.500. The zero-order valence-electron chi connectivity index (χ0n) is 12.8. The molecule has 2 amide bonds. The lowest BCUT2D eigenvalue weighted by Gasteiger charge is -2.40. The maximum atomic E-state index is 12.5. The Hall–Kier alpha value is -2.33. The summed E-state index contributed by atoms with van der Waals surface area (Å²) < 4.78 is 9.71. The van der Waals surface area contributed by atoms with Crippen molar-refractivity contribution < 1.29 is 14.3 Å². The lowest BCUT2D eigenvalue weighted by atomic mass is 10.0. The van der Waals surface area contributed by atoms with Crippen LogP contribution in [0.4, 0.5) is 0 Å². The van der Waals surface area contributed by atoms with Crippen molar-refractivity contribution in [1.82, 2.24) is 29.4 Å². The number of imidazole rings is 1. The highest BCUT2D eigenvalue weighted by Crippen LogP contribution is 2.31. The molecule has 126 valence electrons. The number of hydrogen-bond acceptors (Lipinski definition) is 7. The van der Waals surface area contributed by atoms with E-state index < -0.39 is 5.60 Å². The fourth-order valence-electron chi connectivity index (χ4n) is 3.24. The fourth-order valence-corrected chi connectivity index (χ4v) is 3.73. The third kappa shape index (κ3) is 2.67. The molecule has 2 aliphatic rings. The normalized spacial score (nSPS) is 23.8. The molecule has 2 saturated heterocycles. The van der Waals surface area contributed by atoms with E-state index in [-0.39, 0.29) is 11.8 Å². The zero-order chi connectivity index (χ0) is 16.6. The van der Waals surface area contributed by atoms with Crippen LogP contribution in [0.2, 0.25) is 0 Å². The molecule has 2 fully saturated rings. The maximum absolute atomic E-state index is 12.5. The van der Waals surface area contributed by atoms with Gasteiger partial charge in [0.25, 0.3) is 11.8 Å². The topological polar surface area (TPSA) is 104 Å². The Morgan fingerprint density at radius 2 is 2.04 bits per heavy atom. The highest BCUT2D eigenvalue weighted by Gasteiger charge is 2.45. The van der Waals surface area contributed by atoms with E-state index in [1.54, 1.807) is 9.80 Å². The Bertz CT molecular complexity index is 734. The average Bonchev–Trinajstić information content (AvgIpc) is 3.35. The number of rotatable bonds is 2. The van der Waals surface area contributed by atoms with E-state index in [0.29, 0.717) is 49.8 Å². The Balaban J connectivity index is 1.46. The summed E-state index contributed by atoms with van der Waals surface area (Å²) >= 11 is 1.09. The number of ether oxygens (including phenoxy) is 1. The summed E-state index contributed by atoms with van der Waals surface area (Å²) in [7, 11) is 0. The van der Waals surface area contributed by atoms with Crippen LogP contribution in [0.15, 0.2) is 18.7 Å². The number of hydrogen-bond donors (Lipinski definition) is 1. The van der Waals surface area contributed by atoms with Gasteiger partial charge in [-0.2, -0.15) is 0 Å². The summed E-state index contributed by atoms with van der Waals surface area (Å²) in [5.41, 5.74) is -0.0319. The van der Waals surface area contributed by atoms with E-state index in [0.717, 1.165) is 11.5 Å². The number of carbonyl (C=O) groups is 2. The molecule has 1 spiro atoms. The molecule has 0 bridgehead atoms. The summed E-state index contributed by atoms with van der Waals surface area (Å²) in [5.74, 6) is -0.172. The molecule has 0 aromatic carbocycles. The van der Waals surface area contributed by atoms with Gasteiger partial charge in [0.2, 0.25) is 0 Å². The first-order valence-electron chi connectivity index (χ1n) is 7.65. The van der Waals surface area contributed by atoms with Crippen molar-refractivity contribution in [3.05, 3.63) is 29.3 Å².